The van der Waals surface area contributed by atoms with Crippen LogP contribution in [0.1, 0.15) is 11.1 Å². The molecule has 1 aromatic carbocycles. The van der Waals surface area contributed by atoms with Crippen LogP contribution in [0.3, 0.4) is 0 Å². The molecule has 3 heterocycles. The predicted molar refractivity (Wildman–Crippen MR) is 128 cm³/mol. The van der Waals surface area contributed by atoms with Crippen LogP contribution in [0.4, 0.5) is 5.69 Å². The minimum absolute atomic E-state index is 0.268. The third-order valence-electron chi connectivity index (χ3n) is 4.89. The summed E-state index contributed by atoms with van der Waals surface area (Å²) in [6, 6.07) is 9.19. The van der Waals surface area contributed by atoms with Crippen LogP contribution in [0.2, 0.25) is 0 Å². The second-order valence-electron chi connectivity index (χ2n) is 7.74. The second kappa shape index (κ2) is 8.33. The highest BCUT2D eigenvalue weighted by Gasteiger charge is 2.20. The van der Waals surface area contributed by atoms with E-state index in [4.69, 9.17) is 0 Å². The van der Waals surface area contributed by atoms with E-state index in [2.05, 4.69) is 33.9 Å². The van der Waals surface area contributed by atoms with Crippen molar-refractivity contribution in [2.75, 3.05) is 18.6 Å². The molecule has 0 unspecified atom stereocenters. The topological polar surface area (TPSA) is 81.3 Å². The number of hydrogen-bond acceptors (Lipinski definition) is 4. The molecule has 0 spiro atoms. The van der Waals surface area contributed by atoms with E-state index < -0.39 is 7.14 Å². The maximum absolute atomic E-state index is 12.9. The molecule has 0 bridgehead atoms. The molecule has 7 nitrogen and oxygen atoms in total. The Hall–Kier alpha value is -3.88. The number of rotatable bonds is 4. The van der Waals surface area contributed by atoms with Crippen molar-refractivity contribution in [3.63, 3.8) is 0 Å². The Morgan fingerprint density at radius 1 is 1.09 bits per heavy atom. The van der Waals surface area contributed by atoms with Crippen LogP contribution in [0.15, 0.2) is 67.8 Å². The number of fused-ring (bicyclic) bond motifs is 1. The van der Waals surface area contributed by atoms with Crippen LogP contribution in [0.25, 0.3) is 16.6 Å². The molecule has 0 fully saturated rings. The van der Waals surface area contributed by atoms with E-state index in [1.54, 1.807) is 47.1 Å². The van der Waals surface area contributed by atoms with Crippen molar-refractivity contribution in [3.05, 3.63) is 78.9 Å². The Kier molecular flexibility index (Phi) is 5.56. The normalized spacial score (nSPS) is 11.1. The molecule has 0 atom stereocenters. The molecule has 1 N–H and O–H groups in total. The van der Waals surface area contributed by atoms with Gasteiger partial charge in [-0.05, 0) is 49.7 Å². The first-order valence-electron chi connectivity index (χ1n) is 9.86. The lowest BCUT2D eigenvalue weighted by atomic mass is 10.1. The highest BCUT2D eigenvalue weighted by Crippen LogP contribution is 2.37. The molecule has 32 heavy (non-hydrogen) atoms. The van der Waals surface area contributed by atoms with Gasteiger partial charge in [0.1, 0.15) is 7.14 Å². The van der Waals surface area contributed by atoms with Gasteiger partial charge in [-0.2, -0.15) is 10.2 Å². The fraction of sp³-hybridized carbons (Fsp3) is 0.125. The Morgan fingerprint density at radius 2 is 1.84 bits per heavy atom. The number of nitrogens with one attached hydrogen (secondary N) is 1. The molecule has 0 aliphatic heterocycles. The van der Waals surface area contributed by atoms with Gasteiger partial charge in [-0.3, -0.25) is 9.48 Å². The Balaban J connectivity index is 1.80. The summed E-state index contributed by atoms with van der Waals surface area (Å²) in [6.45, 7) is 6.90. The van der Waals surface area contributed by atoms with Crippen molar-refractivity contribution in [1.29, 1.82) is 0 Å². The largest absolute Gasteiger partial charge is 0.323 e. The average Bonchev–Trinajstić information content (AvgIpc) is 3.39. The van der Waals surface area contributed by atoms with E-state index in [0.29, 0.717) is 11.0 Å². The lowest BCUT2D eigenvalue weighted by Crippen LogP contribution is -2.06. The summed E-state index contributed by atoms with van der Waals surface area (Å²) in [5.74, 6) is 6.13. The van der Waals surface area contributed by atoms with Crippen molar-refractivity contribution in [2.45, 2.75) is 0 Å². The fourth-order valence-corrected chi connectivity index (χ4v) is 4.36. The van der Waals surface area contributed by atoms with Crippen molar-refractivity contribution in [1.82, 2.24) is 19.4 Å². The summed E-state index contributed by atoms with van der Waals surface area (Å²) in [4.78, 5) is 11.4. The van der Waals surface area contributed by atoms with Gasteiger partial charge in [-0.1, -0.05) is 18.4 Å². The fourth-order valence-electron chi connectivity index (χ4n) is 3.29. The van der Waals surface area contributed by atoms with Crippen LogP contribution < -0.4 is 10.6 Å². The highest BCUT2D eigenvalue weighted by atomic mass is 31.2. The lowest BCUT2D eigenvalue weighted by molar-refractivity contribution is -0.111. The van der Waals surface area contributed by atoms with E-state index in [0.717, 1.165) is 27.8 Å². The van der Waals surface area contributed by atoms with Gasteiger partial charge in [-0.15, -0.1) is 0 Å². The standard InChI is InChI=1S/C24H22N5O2P/c1-5-23(30)27-21-10-7-17(8-11-21)6-9-18-12-19(20-13-25-28(2)15-20)16-29-24(18)22(14-26-29)32(3,4)31/h5,7-8,10-16H,1H2,2-4H3,(H,27,30). The van der Waals surface area contributed by atoms with Gasteiger partial charge in [0, 0.05) is 41.8 Å². The third kappa shape index (κ3) is 4.41. The van der Waals surface area contributed by atoms with Gasteiger partial charge < -0.3 is 9.88 Å². The molecule has 8 heteroatoms. The first-order chi connectivity index (χ1) is 15.2. The maximum atomic E-state index is 12.9. The number of benzene rings is 1. The SMILES string of the molecule is C=CC(=O)Nc1ccc(C#Cc2cc(-c3cnn(C)c3)cn3ncc(P(C)(C)=O)c23)cc1. The molecule has 160 valence electrons. The molecule has 0 saturated carbocycles. The number of amides is 1. The first kappa shape index (κ1) is 21.4. The van der Waals surface area contributed by atoms with E-state index in [9.17, 15) is 9.36 Å². The van der Waals surface area contributed by atoms with Crippen LogP contribution in [-0.2, 0) is 16.4 Å². The molecular weight excluding hydrogens is 421 g/mol. The predicted octanol–water partition coefficient (Wildman–Crippen LogP) is 3.51. The highest BCUT2D eigenvalue weighted by molar-refractivity contribution is 7.70. The molecular formula is C24H22N5O2P. The molecule has 4 aromatic rings. The minimum atomic E-state index is -2.56. The van der Waals surface area contributed by atoms with E-state index >= 15 is 0 Å². The molecule has 1 amide bonds. The Bertz CT molecular complexity index is 1450. The number of hydrogen-bond donors (Lipinski definition) is 1. The van der Waals surface area contributed by atoms with Gasteiger partial charge in [0.15, 0.2) is 0 Å². The van der Waals surface area contributed by atoms with E-state index in [1.807, 2.05) is 37.6 Å². The van der Waals surface area contributed by atoms with Crippen LogP contribution in [-0.4, -0.2) is 38.6 Å². The summed E-state index contributed by atoms with van der Waals surface area (Å²) in [5.41, 5.74) is 4.77. The Labute approximate surface area is 186 Å². The maximum Gasteiger partial charge on any atom is 0.247 e. The summed E-state index contributed by atoms with van der Waals surface area (Å²) in [6.07, 6.45) is 8.48. The minimum Gasteiger partial charge on any atom is -0.323 e. The molecule has 0 aliphatic rings. The number of anilines is 1. The van der Waals surface area contributed by atoms with E-state index in [1.165, 1.54) is 6.08 Å². The molecule has 0 saturated heterocycles. The Morgan fingerprint density at radius 3 is 2.47 bits per heavy atom. The molecule has 3 aromatic heterocycles. The monoisotopic (exact) mass is 443 g/mol. The summed E-state index contributed by atoms with van der Waals surface area (Å²) in [7, 11) is -0.699. The van der Waals surface area contributed by atoms with Crippen LogP contribution in [0, 0.1) is 11.8 Å². The van der Waals surface area contributed by atoms with Crippen LogP contribution in [0.5, 0.6) is 0 Å². The van der Waals surface area contributed by atoms with Crippen molar-refractivity contribution < 1.29 is 9.36 Å². The average molecular weight is 443 g/mol. The summed E-state index contributed by atoms with van der Waals surface area (Å²) < 4.78 is 16.3. The zero-order valence-electron chi connectivity index (χ0n) is 18.0. The van der Waals surface area contributed by atoms with Crippen LogP contribution >= 0.6 is 7.14 Å². The molecule has 0 aliphatic carbocycles. The number of pyridine rings is 1. The van der Waals surface area contributed by atoms with E-state index in [-0.39, 0.29) is 5.91 Å². The van der Waals surface area contributed by atoms with Gasteiger partial charge in [0.05, 0.1) is 28.8 Å². The quantitative estimate of drug-likeness (QED) is 0.297. The zero-order chi connectivity index (χ0) is 22.9. The number of carbonyl (C=O) groups is 1. The first-order valence-corrected chi connectivity index (χ1v) is 12.5. The number of aromatic nitrogens is 4. The smallest absolute Gasteiger partial charge is 0.247 e. The van der Waals surface area contributed by atoms with Crippen molar-refractivity contribution in [3.8, 4) is 23.0 Å². The number of aryl methyl sites for hydroxylation is 1. The number of nitrogens with zero attached hydrogens (tertiary/aromatic N) is 4. The lowest BCUT2D eigenvalue weighted by Gasteiger charge is -2.08. The molecule has 4 rings (SSSR count). The number of carbonyl (C=O) groups excluding carboxylic acids is 1. The summed E-state index contributed by atoms with van der Waals surface area (Å²) >= 11 is 0. The third-order valence-corrected chi connectivity index (χ3v) is 6.38. The molecule has 0 radical (unpaired) electrons. The van der Waals surface area contributed by atoms with Gasteiger partial charge in [-0.25, -0.2) is 4.52 Å². The van der Waals surface area contributed by atoms with Crippen molar-refractivity contribution in [2.24, 2.45) is 7.05 Å². The summed E-state index contributed by atoms with van der Waals surface area (Å²) in [5, 5.41) is 12.1. The zero-order valence-corrected chi connectivity index (χ0v) is 18.9. The van der Waals surface area contributed by atoms with Gasteiger partial charge in [0.2, 0.25) is 5.91 Å². The second-order valence-corrected chi connectivity index (χ2v) is 10.9. The van der Waals surface area contributed by atoms with Gasteiger partial charge >= 0.3 is 0 Å². The van der Waals surface area contributed by atoms with Gasteiger partial charge in [0.25, 0.3) is 0 Å². The van der Waals surface area contributed by atoms with Crippen molar-refractivity contribution >= 4 is 29.6 Å².